The molecule has 0 aromatic carbocycles. The van der Waals surface area contributed by atoms with E-state index in [9.17, 15) is 5.26 Å². The van der Waals surface area contributed by atoms with Crippen LogP contribution in [0.25, 0.3) is 0 Å². The number of anilines is 1. The third-order valence-electron chi connectivity index (χ3n) is 4.60. The molecule has 1 heterocycles. The van der Waals surface area contributed by atoms with Gasteiger partial charge in [0.2, 0.25) is 0 Å². The van der Waals surface area contributed by atoms with Crippen LogP contribution in [0.2, 0.25) is 0 Å². The van der Waals surface area contributed by atoms with Crippen molar-refractivity contribution in [2.75, 3.05) is 5.73 Å². The van der Waals surface area contributed by atoms with E-state index in [4.69, 9.17) is 5.73 Å². The molecular weight excluding hydrogens is 222 g/mol. The highest BCUT2D eigenvalue weighted by atomic mass is 15.1. The molecule has 1 aromatic rings. The van der Waals surface area contributed by atoms with Crippen molar-refractivity contribution < 1.29 is 0 Å². The topological polar surface area (TPSA) is 54.7 Å². The molecule has 1 saturated carbocycles. The zero-order valence-electron chi connectivity index (χ0n) is 11.7. The number of aromatic nitrogens is 1. The predicted octanol–water partition coefficient (Wildman–Crippen LogP) is 3.70. The van der Waals surface area contributed by atoms with Crippen LogP contribution in [0.5, 0.6) is 0 Å². The van der Waals surface area contributed by atoms with Crippen LogP contribution in [0, 0.1) is 31.1 Å². The van der Waals surface area contributed by atoms with Crippen molar-refractivity contribution in [2.24, 2.45) is 5.92 Å². The van der Waals surface area contributed by atoms with Crippen LogP contribution in [-0.2, 0) is 0 Å². The molecule has 98 valence electrons. The Balaban J connectivity index is 2.37. The van der Waals surface area contributed by atoms with E-state index in [1.165, 1.54) is 37.8 Å². The van der Waals surface area contributed by atoms with Crippen LogP contribution in [0.4, 0.5) is 5.82 Å². The number of nitriles is 1. The molecule has 0 saturated heterocycles. The first-order chi connectivity index (χ1) is 8.60. The minimum atomic E-state index is 0.490. The third-order valence-corrected chi connectivity index (χ3v) is 4.60. The smallest absolute Gasteiger partial charge is 0.122 e. The molecule has 2 atom stereocenters. The fourth-order valence-electron chi connectivity index (χ4n) is 3.33. The fourth-order valence-corrected chi connectivity index (χ4v) is 3.33. The van der Waals surface area contributed by atoms with Gasteiger partial charge in [-0.25, -0.2) is 0 Å². The lowest BCUT2D eigenvalue weighted by molar-refractivity contribution is 0.261. The second kappa shape index (κ2) is 5.06. The Morgan fingerprint density at radius 2 is 2.11 bits per heavy atom. The molecule has 0 radical (unpaired) electrons. The normalized spacial score (nSPS) is 23.9. The molecular formula is C15H23N3. The minimum Gasteiger partial charge on any atom is -0.384 e. The summed E-state index contributed by atoms with van der Waals surface area (Å²) >= 11 is 0. The van der Waals surface area contributed by atoms with E-state index >= 15 is 0 Å². The predicted molar refractivity (Wildman–Crippen MR) is 74.3 cm³/mol. The molecule has 1 aliphatic rings. The summed E-state index contributed by atoms with van der Waals surface area (Å²) in [5, 5.41) is 9.19. The average molecular weight is 245 g/mol. The summed E-state index contributed by atoms with van der Waals surface area (Å²) in [6.07, 6.45) is 6.28. The lowest BCUT2D eigenvalue weighted by atomic mass is 9.84. The zero-order valence-corrected chi connectivity index (χ0v) is 11.7. The summed E-state index contributed by atoms with van der Waals surface area (Å²) in [7, 11) is 0. The first-order valence-electron chi connectivity index (χ1n) is 6.97. The molecule has 2 N–H and O–H groups in total. The number of nitrogens with two attached hydrogens (primary N) is 1. The number of nitrogens with zero attached hydrogens (tertiary/aromatic N) is 2. The van der Waals surface area contributed by atoms with Crippen LogP contribution in [0.15, 0.2) is 0 Å². The van der Waals surface area contributed by atoms with Gasteiger partial charge in [0.05, 0.1) is 5.56 Å². The monoisotopic (exact) mass is 245 g/mol. The van der Waals surface area contributed by atoms with E-state index < -0.39 is 0 Å². The molecule has 3 nitrogen and oxygen atoms in total. The number of hydrogen-bond acceptors (Lipinski definition) is 2. The number of nitrogen functional groups attached to an aromatic ring is 1. The van der Waals surface area contributed by atoms with E-state index in [1.807, 2.05) is 6.92 Å². The SMILES string of the molecule is CCC1CCCC(n2c(C)c(C)c(C#N)c2N)C1. The van der Waals surface area contributed by atoms with Crippen LogP contribution >= 0.6 is 0 Å². The van der Waals surface area contributed by atoms with Gasteiger partial charge in [-0.3, -0.25) is 0 Å². The summed E-state index contributed by atoms with van der Waals surface area (Å²) < 4.78 is 2.22. The number of rotatable bonds is 2. The molecule has 1 aliphatic carbocycles. The van der Waals surface area contributed by atoms with Gasteiger partial charge in [0.1, 0.15) is 11.9 Å². The maximum absolute atomic E-state index is 9.19. The summed E-state index contributed by atoms with van der Waals surface area (Å²) in [5.41, 5.74) is 9.07. The second-order valence-corrected chi connectivity index (χ2v) is 5.55. The van der Waals surface area contributed by atoms with Gasteiger partial charge in [-0.2, -0.15) is 5.26 Å². The Morgan fingerprint density at radius 3 is 2.67 bits per heavy atom. The first kappa shape index (κ1) is 13.0. The van der Waals surface area contributed by atoms with Crippen molar-refractivity contribution in [3.8, 4) is 6.07 Å². The summed E-state index contributed by atoms with van der Waals surface area (Å²) in [4.78, 5) is 0. The highest BCUT2D eigenvalue weighted by Gasteiger charge is 2.26. The van der Waals surface area contributed by atoms with E-state index in [0.717, 1.165) is 11.5 Å². The molecule has 0 spiro atoms. The standard InChI is InChI=1S/C15H23N3/c1-4-12-6-5-7-13(8-12)18-11(3)10(2)14(9-16)15(18)17/h12-13H,4-8,17H2,1-3H3. The van der Waals surface area contributed by atoms with Gasteiger partial charge in [-0.1, -0.05) is 26.2 Å². The van der Waals surface area contributed by atoms with Crippen molar-refractivity contribution in [1.29, 1.82) is 5.26 Å². The molecule has 0 aliphatic heterocycles. The zero-order chi connectivity index (χ0) is 13.3. The van der Waals surface area contributed by atoms with Gasteiger partial charge in [0.25, 0.3) is 0 Å². The Bertz CT molecular complexity index is 479. The minimum absolute atomic E-state index is 0.490. The molecule has 3 heteroatoms. The second-order valence-electron chi connectivity index (χ2n) is 5.55. The van der Waals surface area contributed by atoms with Gasteiger partial charge in [0.15, 0.2) is 0 Å². The molecule has 2 rings (SSSR count). The Labute approximate surface area is 110 Å². The van der Waals surface area contributed by atoms with Crippen LogP contribution in [0.3, 0.4) is 0 Å². The quantitative estimate of drug-likeness (QED) is 0.863. The summed E-state index contributed by atoms with van der Waals surface area (Å²) in [6.45, 7) is 6.36. The highest BCUT2D eigenvalue weighted by molar-refractivity contribution is 5.58. The lowest BCUT2D eigenvalue weighted by Crippen LogP contribution is -2.21. The van der Waals surface area contributed by atoms with Gasteiger partial charge < -0.3 is 10.3 Å². The van der Waals surface area contributed by atoms with E-state index in [-0.39, 0.29) is 0 Å². The summed E-state index contributed by atoms with van der Waals surface area (Å²) in [5.74, 6) is 1.49. The fraction of sp³-hybridized carbons (Fsp3) is 0.667. The maximum Gasteiger partial charge on any atom is 0.122 e. The maximum atomic E-state index is 9.19. The molecule has 0 bridgehead atoms. The van der Waals surface area contributed by atoms with E-state index in [0.29, 0.717) is 17.4 Å². The lowest BCUT2D eigenvalue weighted by Gasteiger charge is -2.31. The van der Waals surface area contributed by atoms with Crippen molar-refractivity contribution in [1.82, 2.24) is 4.57 Å². The summed E-state index contributed by atoms with van der Waals surface area (Å²) in [6, 6.07) is 2.73. The molecule has 1 aromatic heterocycles. The van der Waals surface area contributed by atoms with Crippen LogP contribution in [-0.4, -0.2) is 4.57 Å². The average Bonchev–Trinajstić information content (AvgIpc) is 2.60. The molecule has 0 amide bonds. The van der Waals surface area contributed by atoms with Crippen molar-refractivity contribution >= 4 is 5.82 Å². The first-order valence-corrected chi connectivity index (χ1v) is 6.97. The molecule has 18 heavy (non-hydrogen) atoms. The Morgan fingerprint density at radius 1 is 1.39 bits per heavy atom. The van der Waals surface area contributed by atoms with E-state index in [1.54, 1.807) is 0 Å². The Hall–Kier alpha value is -1.43. The molecule has 2 unspecified atom stereocenters. The Kier molecular flexibility index (Phi) is 3.65. The van der Waals surface area contributed by atoms with Gasteiger partial charge in [-0.05, 0) is 38.2 Å². The van der Waals surface area contributed by atoms with Crippen molar-refractivity contribution in [3.63, 3.8) is 0 Å². The highest BCUT2D eigenvalue weighted by Crippen LogP contribution is 2.38. The van der Waals surface area contributed by atoms with Crippen molar-refractivity contribution in [2.45, 2.75) is 58.9 Å². The van der Waals surface area contributed by atoms with Gasteiger partial charge >= 0.3 is 0 Å². The van der Waals surface area contributed by atoms with Crippen LogP contribution < -0.4 is 5.73 Å². The van der Waals surface area contributed by atoms with E-state index in [2.05, 4.69) is 24.5 Å². The molecule has 1 fully saturated rings. The van der Waals surface area contributed by atoms with Gasteiger partial charge in [-0.15, -0.1) is 0 Å². The van der Waals surface area contributed by atoms with Crippen LogP contribution in [0.1, 0.15) is 61.9 Å². The van der Waals surface area contributed by atoms with Crippen molar-refractivity contribution in [3.05, 3.63) is 16.8 Å². The van der Waals surface area contributed by atoms with Gasteiger partial charge in [0, 0.05) is 11.7 Å². The third kappa shape index (κ3) is 2.01. The largest absolute Gasteiger partial charge is 0.384 e. The number of hydrogen-bond donors (Lipinski definition) is 1.